The molecule has 0 aliphatic carbocycles. The Morgan fingerprint density at radius 3 is 2.12 bits per heavy atom. The molecule has 2 rings (SSSR count). The zero-order valence-electron chi connectivity index (χ0n) is 9.24. The van der Waals surface area contributed by atoms with Crippen molar-refractivity contribution in [1.29, 1.82) is 0 Å². The van der Waals surface area contributed by atoms with Gasteiger partial charge in [-0.3, -0.25) is 0 Å². The van der Waals surface area contributed by atoms with Crippen LogP contribution in [0, 0.1) is 6.92 Å². The van der Waals surface area contributed by atoms with Gasteiger partial charge < -0.3 is 9.47 Å². The number of fused-ring (bicyclic) bond motifs is 1. The predicted octanol–water partition coefficient (Wildman–Crippen LogP) is 2.61. The van der Waals surface area contributed by atoms with Crippen molar-refractivity contribution in [3.63, 3.8) is 0 Å². The van der Waals surface area contributed by atoms with Crippen LogP contribution in [0.2, 0.25) is 5.15 Å². The number of rotatable bonds is 2. The second-order valence-electron chi connectivity index (χ2n) is 3.33. The molecule has 0 saturated heterocycles. The summed E-state index contributed by atoms with van der Waals surface area (Å²) < 4.78 is 10.4. The molecule has 4 nitrogen and oxygen atoms in total. The lowest BCUT2D eigenvalue weighted by Gasteiger charge is -2.10. The van der Waals surface area contributed by atoms with Crippen LogP contribution in [0.1, 0.15) is 5.69 Å². The summed E-state index contributed by atoms with van der Waals surface area (Å²) in [6.07, 6.45) is 0. The summed E-state index contributed by atoms with van der Waals surface area (Å²) in [5.41, 5.74) is 0.806. The minimum absolute atomic E-state index is 0.363. The van der Waals surface area contributed by atoms with Gasteiger partial charge in [0.25, 0.3) is 0 Å². The van der Waals surface area contributed by atoms with Gasteiger partial charge in [0.05, 0.1) is 19.9 Å². The molecular formula is C11H11ClN2O2. The van der Waals surface area contributed by atoms with Gasteiger partial charge in [0, 0.05) is 10.8 Å². The Labute approximate surface area is 98.1 Å². The highest BCUT2D eigenvalue weighted by atomic mass is 35.5. The first-order valence-electron chi connectivity index (χ1n) is 4.72. The summed E-state index contributed by atoms with van der Waals surface area (Å²) in [7, 11) is 3.17. The molecule has 0 amide bonds. The van der Waals surface area contributed by atoms with E-state index in [-0.39, 0.29) is 0 Å². The van der Waals surface area contributed by atoms with E-state index in [0.717, 1.165) is 16.5 Å². The van der Waals surface area contributed by atoms with Gasteiger partial charge in [-0.2, -0.15) is 5.10 Å². The Morgan fingerprint density at radius 2 is 1.56 bits per heavy atom. The van der Waals surface area contributed by atoms with E-state index >= 15 is 0 Å². The molecule has 0 aliphatic heterocycles. The molecule has 0 unspecified atom stereocenters. The van der Waals surface area contributed by atoms with E-state index in [1.165, 1.54) is 0 Å². The van der Waals surface area contributed by atoms with Gasteiger partial charge >= 0.3 is 0 Å². The molecule has 0 spiro atoms. The third-order valence-electron chi connectivity index (χ3n) is 2.42. The molecule has 0 fully saturated rings. The lowest BCUT2D eigenvalue weighted by Crippen LogP contribution is -1.94. The van der Waals surface area contributed by atoms with Crippen molar-refractivity contribution in [3.8, 4) is 11.5 Å². The average molecular weight is 239 g/mol. The minimum atomic E-state index is 0.363. The summed E-state index contributed by atoms with van der Waals surface area (Å²) in [6.45, 7) is 1.87. The Balaban J connectivity index is 2.82. The van der Waals surface area contributed by atoms with E-state index < -0.39 is 0 Å². The van der Waals surface area contributed by atoms with Gasteiger partial charge in [0.15, 0.2) is 16.7 Å². The van der Waals surface area contributed by atoms with Gasteiger partial charge in [-0.1, -0.05) is 11.6 Å². The van der Waals surface area contributed by atoms with Crippen LogP contribution in [0.25, 0.3) is 10.8 Å². The van der Waals surface area contributed by atoms with E-state index in [1.54, 1.807) is 20.3 Å². The zero-order valence-corrected chi connectivity index (χ0v) is 10.00. The van der Waals surface area contributed by atoms with Gasteiger partial charge in [-0.05, 0) is 19.1 Å². The number of ether oxygens (including phenoxy) is 2. The lowest BCUT2D eigenvalue weighted by molar-refractivity contribution is 0.356. The molecule has 16 heavy (non-hydrogen) atoms. The molecule has 0 atom stereocenters. The third kappa shape index (κ3) is 1.65. The molecule has 1 aromatic carbocycles. The van der Waals surface area contributed by atoms with Crippen LogP contribution in [0.15, 0.2) is 12.1 Å². The van der Waals surface area contributed by atoms with E-state index in [9.17, 15) is 0 Å². The van der Waals surface area contributed by atoms with Gasteiger partial charge in [0.1, 0.15) is 0 Å². The lowest BCUT2D eigenvalue weighted by atomic mass is 10.1. The SMILES string of the molecule is COc1cc2c(C)nnc(Cl)c2cc1OC. The summed E-state index contributed by atoms with van der Waals surface area (Å²) in [5, 5.41) is 9.91. The van der Waals surface area contributed by atoms with Crippen molar-refractivity contribution in [1.82, 2.24) is 10.2 Å². The number of hydrogen-bond acceptors (Lipinski definition) is 4. The van der Waals surface area contributed by atoms with Crippen LogP contribution in [-0.4, -0.2) is 24.4 Å². The van der Waals surface area contributed by atoms with Crippen LogP contribution < -0.4 is 9.47 Å². The first kappa shape index (κ1) is 11.0. The van der Waals surface area contributed by atoms with Crippen LogP contribution in [0.5, 0.6) is 11.5 Å². The smallest absolute Gasteiger partial charge is 0.161 e. The second-order valence-corrected chi connectivity index (χ2v) is 3.69. The molecule has 5 heteroatoms. The van der Waals surface area contributed by atoms with Crippen LogP contribution in [0.4, 0.5) is 0 Å². The molecule has 1 aromatic heterocycles. The van der Waals surface area contributed by atoms with E-state index in [4.69, 9.17) is 21.1 Å². The van der Waals surface area contributed by atoms with Gasteiger partial charge in [-0.25, -0.2) is 0 Å². The summed E-state index contributed by atoms with van der Waals surface area (Å²) in [5.74, 6) is 1.28. The number of nitrogens with zero attached hydrogens (tertiary/aromatic N) is 2. The molecule has 0 radical (unpaired) electrons. The van der Waals surface area contributed by atoms with E-state index in [1.807, 2.05) is 13.0 Å². The van der Waals surface area contributed by atoms with Crippen molar-refractivity contribution in [3.05, 3.63) is 23.0 Å². The minimum Gasteiger partial charge on any atom is -0.493 e. The third-order valence-corrected chi connectivity index (χ3v) is 2.70. The largest absolute Gasteiger partial charge is 0.493 e. The first-order valence-corrected chi connectivity index (χ1v) is 5.09. The van der Waals surface area contributed by atoms with Gasteiger partial charge in [0.2, 0.25) is 0 Å². The second kappa shape index (κ2) is 4.14. The number of aryl methyl sites for hydroxylation is 1. The Morgan fingerprint density at radius 1 is 1.00 bits per heavy atom. The van der Waals surface area contributed by atoms with Crippen molar-refractivity contribution < 1.29 is 9.47 Å². The quantitative estimate of drug-likeness (QED) is 0.807. The molecule has 0 bridgehead atoms. The molecule has 84 valence electrons. The Bertz CT molecular complexity index is 494. The number of benzene rings is 1. The Kier molecular flexibility index (Phi) is 2.83. The molecule has 2 aromatic rings. The number of halogens is 1. The molecular weight excluding hydrogens is 228 g/mol. The fourth-order valence-corrected chi connectivity index (χ4v) is 1.77. The molecule has 0 N–H and O–H groups in total. The predicted molar refractivity (Wildman–Crippen MR) is 62.4 cm³/mol. The Hall–Kier alpha value is -1.55. The molecule has 0 aliphatic rings. The summed E-state index contributed by atoms with van der Waals surface area (Å²) >= 11 is 5.98. The van der Waals surface area contributed by atoms with Crippen molar-refractivity contribution in [2.45, 2.75) is 6.92 Å². The monoisotopic (exact) mass is 238 g/mol. The number of aromatic nitrogens is 2. The standard InChI is InChI=1S/C11H11ClN2O2/c1-6-7-4-9(15-2)10(16-3)5-8(7)11(12)14-13-6/h4-5H,1-3H3. The highest BCUT2D eigenvalue weighted by molar-refractivity contribution is 6.34. The summed E-state index contributed by atoms with van der Waals surface area (Å²) in [6, 6.07) is 3.66. The highest BCUT2D eigenvalue weighted by Gasteiger charge is 2.11. The van der Waals surface area contributed by atoms with Crippen LogP contribution >= 0.6 is 11.6 Å². The van der Waals surface area contributed by atoms with Crippen LogP contribution in [0.3, 0.4) is 0 Å². The average Bonchev–Trinajstić information content (AvgIpc) is 2.32. The fraction of sp³-hybridized carbons (Fsp3) is 0.273. The first-order chi connectivity index (χ1) is 7.67. The number of hydrogen-bond donors (Lipinski definition) is 0. The van der Waals surface area contributed by atoms with Crippen molar-refractivity contribution >= 4 is 22.4 Å². The van der Waals surface area contributed by atoms with Crippen LogP contribution in [-0.2, 0) is 0 Å². The highest BCUT2D eigenvalue weighted by Crippen LogP contribution is 2.34. The van der Waals surface area contributed by atoms with E-state index in [2.05, 4.69) is 10.2 Å². The normalized spacial score (nSPS) is 10.5. The summed E-state index contributed by atoms with van der Waals surface area (Å²) in [4.78, 5) is 0. The maximum Gasteiger partial charge on any atom is 0.161 e. The topological polar surface area (TPSA) is 44.2 Å². The molecule has 0 saturated carbocycles. The van der Waals surface area contributed by atoms with Crippen molar-refractivity contribution in [2.24, 2.45) is 0 Å². The van der Waals surface area contributed by atoms with Gasteiger partial charge in [-0.15, -0.1) is 5.10 Å². The zero-order chi connectivity index (χ0) is 11.7. The fourth-order valence-electron chi connectivity index (χ4n) is 1.58. The maximum atomic E-state index is 5.98. The molecule has 1 heterocycles. The maximum absolute atomic E-state index is 5.98. The van der Waals surface area contributed by atoms with Crippen molar-refractivity contribution in [2.75, 3.05) is 14.2 Å². The number of methoxy groups -OCH3 is 2. The van der Waals surface area contributed by atoms with E-state index in [0.29, 0.717) is 16.7 Å².